The Bertz CT molecular complexity index is 708. The van der Waals surface area contributed by atoms with E-state index < -0.39 is 0 Å². The minimum Gasteiger partial charge on any atom is -0.444 e. The average Bonchev–Trinajstić information content (AvgIpc) is 3.33. The number of nitrogens with zero attached hydrogens (tertiary/aromatic N) is 5. The molecule has 0 aliphatic carbocycles. The van der Waals surface area contributed by atoms with Gasteiger partial charge >= 0.3 is 0 Å². The predicted molar refractivity (Wildman–Crippen MR) is 93.7 cm³/mol. The van der Waals surface area contributed by atoms with Gasteiger partial charge in [-0.1, -0.05) is 6.92 Å². The fourth-order valence-electron chi connectivity index (χ4n) is 3.42. The maximum Gasteiger partial charge on any atom is 0.220 e. The quantitative estimate of drug-likeness (QED) is 0.768. The highest BCUT2D eigenvalue weighted by molar-refractivity contribution is 5.73. The van der Waals surface area contributed by atoms with Crippen molar-refractivity contribution < 1.29 is 9.21 Å². The SMILES string of the molecule is CCc1cnc(CN(C(C)=O)[C@@H]2CCN(Cc3nccn3CC)C2)o1. The van der Waals surface area contributed by atoms with E-state index in [4.69, 9.17) is 4.42 Å². The van der Waals surface area contributed by atoms with E-state index in [-0.39, 0.29) is 11.9 Å². The normalized spacial score (nSPS) is 18.0. The minimum atomic E-state index is 0.0677. The molecule has 1 amide bonds. The van der Waals surface area contributed by atoms with Gasteiger partial charge < -0.3 is 13.9 Å². The van der Waals surface area contributed by atoms with E-state index in [0.29, 0.717) is 12.4 Å². The largest absolute Gasteiger partial charge is 0.444 e. The first-order chi connectivity index (χ1) is 12.1. The molecule has 2 aromatic rings. The summed E-state index contributed by atoms with van der Waals surface area (Å²) in [6.45, 7) is 9.79. The van der Waals surface area contributed by atoms with Crippen LogP contribution in [0, 0.1) is 0 Å². The van der Waals surface area contributed by atoms with Crippen LogP contribution in [0.3, 0.4) is 0 Å². The Kier molecular flexibility index (Phi) is 5.53. The van der Waals surface area contributed by atoms with Gasteiger partial charge in [-0.3, -0.25) is 9.69 Å². The number of hydrogen-bond acceptors (Lipinski definition) is 5. The molecule has 136 valence electrons. The van der Waals surface area contributed by atoms with Gasteiger partial charge in [-0.2, -0.15) is 0 Å². The van der Waals surface area contributed by atoms with Crippen molar-refractivity contribution >= 4 is 5.91 Å². The molecule has 1 aliphatic rings. The van der Waals surface area contributed by atoms with Crippen molar-refractivity contribution in [2.45, 2.75) is 59.3 Å². The van der Waals surface area contributed by atoms with Crippen LogP contribution in [0.1, 0.15) is 44.7 Å². The van der Waals surface area contributed by atoms with Crippen LogP contribution in [0.25, 0.3) is 0 Å². The van der Waals surface area contributed by atoms with E-state index in [2.05, 4.69) is 26.4 Å². The molecule has 0 bridgehead atoms. The molecular weight excluding hydrogens is 318 g/mol. The maximum atomic E-state index is 12.2. The molecule has 0 aromatic carbocycles. The highest BCUT2D eigenvalue weighted by atomic mass is 16.4. The van der Waals surface area contributed by atoms with Crippen molar-refractivity contribution in [3.63, 3.8) is 0 Å². The molecule has 0 radical (unpaired) electrons. The van der Waals surface area contributed by atoms with Gasteiger partial charge in [0, 0.05) is 51.4 Å². The molecular formula is C18H27N5O2. The van der Waals surface area contributed by atoms with Crippen LogP contribution < -0.4 is 0 Å². The molecule has 7 heteroatoms. The molecule has 0 spiro atoms. The number of oxazole rings is 1. The van der Waals surface area contributed by atoms with Crippen LogP contribution >= 0.6 is 0 Å². The van der Waals surface area contributed by atoms with E-state index in [1.54, 1.807) is 13.1 Å². The lowest BCUT2D eigenvalue weighted by atomic mass is 10.2. The number of rotatable bonds is 7. The Labute approximate surface area is 148 Å². The summed E-state index contributed by atoms with van der Waals surface area (Å²) in [6, 6.07) is 0.194. The summed E-state index contributed by atoms with van der Waals surface area (Å²) in [5.41, 5.74) is 0. The fraction of sp³-hybridized carbons (Fsp3) is 0.611. The predicted octanol–water partition coefficient (Wildman–Crippen LogP) is 2.08. The zero-order valence-corrected chi connectivity index (χ0v) is 15.3. The van der Waals surface area contributed by atoms with Crippen LogP contribution in [-0.2, 0) is 30.8 Å². The van der Waals surface area contributed by atoms with E-state index in [1.165, 1.54) is 0 Å². The van der Waals surface area contributed by atoms with Crippen LogP contribution in [-0.4, -0.2) is 49.4 Å². The van der Waals surface area contributed by atoms with Gasteiger partial charge in [0.1, 0.15) is 11.6 Å². The summed E-state index contributed by atoms with van der Waals surface area (Å²) < 4.78 is 7.85. The zero-order valence-electron chi connectivity index (χ0n) is 15.3. The van der Waals surface area contributed by atoms with Gasteiger partial charge in [0.05, 0.1) is 19.3 Å². The topological polar surface area (TPSA) is 67.4 Å². The monoisotopic (exact) mass is 345 g/mol. The van der Waals surface area contributed by atoms with Crippen molar-refractivity contribution in [2.24, 2.45) is 0 Å². The lowest BCUT2D eigenvalue weighted by molar-refractivity contribution is -0.132. The molecule has 3 rings (SSSR count). The van der Waals surface area contributed by atoms with Crippen molar-refractivity contribution in [1.82, 2.24) is 24.3 Å². The van der Waals surface area contributed by atoms with Gasteiger partial charge in [-0.05, 0) is 13.3 Å². The third kappa shape index (κ3) is 4.10. The number of amides is 1. The van der Waals surface area contributed by atoms with Crippen LogP contribution in [0.4, 0.5) is 0 Å². The zero-order chi connectivity index (χ0) is 17.8. The molecule has 1 atom stereocenters. The van der Waals surface area contributed by atoms with Gasteiger partial charge in [0.25, 0.3) is 0 Å². The molecule has 1 aliphatic heterocycles. The van der Waals surface area contributed by atoms with Gasteiger partial charge in [-0.15, -0.1) is 0 Å². The Morgan fingerprint density at radius 3 is 2.92 bits per heavy atom. The molecule has 2 aromatic heterocycles. The lowest BCUT2D eigenvalue weighted by Gasteiger charge is -2.27. The van der Waals surface area contributed by atoms with E-state index in [9.17, 15) is 4.79 Å². The van der Waals surface area contributed by atoms with Crippen LogP contribution in [0.2, 0.25) is 0 Å². The Morgan fingerprint density at radius 1 is 1.40 bits per heavy atom. The lowest BCUT2D eigenvalue weighted by Crippen LogP contribution is -2.40. The average molecular weight is 345 g/mol. The maximum absolute atomic E-state index is 12.2. The minimum absolute atomic E-state index is 0.0677. The van der Waals surface area contributed by atoms with Gasteiger partial charge in [-0.25, -0.2) is 9.97 Å². The summed E-state index contributed by atoms with van der Waals surface area (Å²) in [6.07, 6.45) is 7.39. The highest BCUT2D eigenvalue weighted by Gasteiger charge is 2.30. The van der Waals surface area contributed by atoms with Crippen molar-refractivity contribution in [1.29, 1.82) is 0 Å². The number of likely N-dealkylation sites (tertiary alicyclic amines) is 1. The number of carbonyl (C=O) groups is 1. The smallest absolute Gasteiger partial charge is 0.220 e. The van der Waals surface area contributed by atoms with Crippen molar-refractivity contribution in [3.05, 3.63) is 36.1 Å². The second-order valence-electron chi connectivity index (χ2n) is 6.53. The molecule has 25 heavy (non-hydrogen) atoms. The molecule has 3 heterocycles. The van der Waals surface area contributed by atoms with Crippen LogP contribution in [0.15, 0.2) is 23.0 Å². The molecule has 7 nitrogen and oxygen atoms in total. The van der Waals surface area contributed by atoms with Gasteiger partial charge in [0.15, 0.2) is 0 Å². The Morgan fingerprint density at radius 2 is 2.24 bits per heavy atom. The second-order valence-corrected chi connectivity index (χ2v) is 6.53. The van der Waals surface area contributed by atoms with Gasteiger partial charge in [0.2, 0.25) is 11.8 Å². The number of hydrogen-bond donors (Lipinski definition) is 0. The Hall–Kier alpha value is -2.15. The standard InChI is InChI=1S/C18H27N5O2/c1-4-16-10-20-18(25-16)13-23(14(3)24)15-6-8-21(11-15)12-17-19-7-9-22(17)5-2/h7,9-10,15H,4-6,8,11-13H2,1-3H3/t15-/m1/s1. The highest BCUT2D eigenvalue weighted by Crippen LogP contribution is 2.20. The summed E-state index contributed by atoms with van der Waals surface area (Å²) in [4.78, 5) is 25.2. The molecule has 1 fully saturated rings. The Balaban J connectivity index is 1.62. The summed E-state index contributed by atoms with van der Waals surface area (Å²) in [5, 5.41) is 0. The van der Waals surface area contributed by atoms with E-state index in [1.807, 2.05) is 24.2 Å². The molecule has 0 unspecified atom stereocenters. The van der Waals surface area contributed by atoms with E-state index >= 15 is 0 Å². The summed E-state index contributed by atoms with van der Waals surface area (Å²) >= 11 is 0. The summed E-state index contributed by atoms with van der Waals surface area (Å²) in [7, 11) is 0. The third-order valence-corrected chi connectivity index (χ3v) is 4.86. The van der Waals surface area contributed by atoms with Crippen LogP contribution in [0.5, 0.6) is 0 Å². The first-order valence-corrected chi connectivity index (χ1v) is 9.03. The first-order valence-electron chi connectivity index (χ1n) is 9.03. The third-order valence-electron chi connectivity index (χ3n) is 4.86. The second kappa shape index (κ2) is 7.82. The fourth-order valence-corrected chi connectivity index (χ4v) is 3.42. The summed E-state index contributed by atoms with van der Waals surface area (Å²) in [5.74, 6) is 2.63. The van der Waals surface area contributed by atoms with Crippen molar-refractivity contribution in [2.75, 3.05) is 13.1 Å². The molecule has 1 saturated heterocycles. The van der Waals surface area contributed by atoms with E-state index in [0.717, 1.165) is 50.6 Å². The molecule has 0 N–H and O–H groups in total. The first kappa shape index (κ1) is 17.7. The number of aromatic nitrogens is 3. The number of carbonyl (C=O) groups excluding carboxylic acids is 1. The van der Waals surface area contributed by atoms with Crippen molar-refractivity contribution in [3.8, 4) is 0 Å². The number of aryl methyl sites for hydroxylation is 2. The number of imidazole rings is 1. The molecule has 0 saturated carbocycles.